The largest absolute Gasteiger partial charge is 0.378 e. The molecule has 0 amide bonds. The topological polar surface area (TPSA) is 35.0 Å². The maximum Gasteiger partial charge on any atom is 0.149 e. The first-order valence-electron chi connectivity index (χ1n) is 11.0. The van der Waals surface area contributed by atoms with Gasteiger partial charge in [-0.05, 0) is 53.6 Å². The van der Waals surface area contributed by atoms with E-state index in [-0.39, 0.29) is 12.0 Å². The van der Waals surface area contributed by atoms with Crippen molar-refractivity contribution in [2.45, 2.75) is 13.0 Å². The lowest BCUT2D eigenvalue weighted by Crippen LogP contribution is -2.24. The van der Waals surface area contributed by atoms with Crippen LogP contribution in [0.15, 0.2) is 84.1 Å². The van der Waals surface area contributed by atoms with E-state index in [1.807, 2.05) is 24.4 Å². The van der Waals surface area contributed by atoms with E-state index in [9.17, 15) is 0 Å². The molecule has 0 bridgehead atoms. The second-order valence-corrected chi connectivity index (χ2v) is 8.60. The number of aromatic nitrogens is 1. The number of allylic oxidation sites excluding steroid dienone is 1. The molecule has 2 aromatic carbocycles. The van der Waals surface area contributed by atoms with Gasteiger partial charge >= 0.3 is 0 Å². The number of benzene rings is 2. The normalized spacial score (nSPS) is 18.2. The van der Waals surface area contributed by atoms with Crippen LogP contribution in [-0.2, 0) is 0 Å². The smallest absolute Gasteiger partial charge is 0.149 e. The van der Waals surface area contributed by atoms with Crippen molar-refractivity contribution in [2.24, 2.45) is 11.0 Å². The summed E-state index contributed by atoms with van der Waals surface area (Å²) in [6.45, 7) is 2.24. The zero-order valence-electron chi connectivity index (χ0n) is 19.5. The minimum Gasteiger partial charge on any atom is -0.378 e. The number of rotatable bonds is 6. The van der Waals surface area contributed by atoms with Crippen molar-refractivity contribution in [3.63, 3.8) is 0 Å². The molecule has 2 heterocycles. The first-order valence-corrected chi connectivity index (χ1v) is 11.0. The fourth-order valence-corrected chi connectivity index (χ4v) is 3.98. The second-order valence-electron chi connectivity index (χ2n) is 8.60. The maximum atomic E-state index is 5.00. The Bertz CT molecular complexity index is 1080. The fourth-order valence-electron chi connectivity index (χ4n) is 3.98. The van der Waals surface area contributed by atoms with Gasteiger partial charge in [0.2, 0.25) is 0 Å². The predicted molar refractivity (Wildman–Crippen MR) is 137 cm³/mol. The standard InChI is InChI=1S/C27H31N5/c1-20-25(18-11-21-9-14-23(15-10-21)30(2)3)29-32(26-8-6-7-19-28-26)27(20)22-12-16-24(17-13-22)31(4)5/h6-20,27H,1-5H3. The Morgan fingerprint density at radius 2 is 1.41 bits per heavy atom. The Labute approximate surface area is 191 Å². The molecule has 3 aromatic rings. The van der Waals surface area contributed by atoms with E-state index in [4.69, 9.17) is 5.10 Å². The molecular formula is C27H31N5. The van der Waals surface area contributed by atoms with Crippen LogP contribution in [0.4, 0.5) is 17.2 Å². The maximum absolute atomic E-state index is 5.00. The third kappa shape index (κ3) is 4.52. The molecule has 5 heteroatoms. The number of hydrazone groups is 1. The summed E-state index contributed by atoms with van der Waals surface area (Å²) in [5.74, 6) is 1.08. The Morgan fingerprint density at radius 1 is 0.781 bits per heavy atom. The van der Waals surface area contributed by atoms with Crippen molar-refractivity contribution in [1.82, 2.24) is 4.98 Å². The first kappa shape index (κ1) is 21.6. The number of pyridine rings is 1. The van der Waals surface area contributed by atoms with Crippen LogP contribution in [-0.4, -0.2) is 38.9 Å². The minimum absolute atomic E-state index is 0.0943. The van der Waals surface area contributed by atoms with Crippen LogP contribution in [0.1, 0.15) is 24.1 Å². The van der Waals surface area contributed by atoms with Gasteiger partial charge in [0.05, 0.1) is 11.8 Å². The molecule has 0 aliphatic carbocycles. The zero-order valence-corrected chi connectivity index (χ0v) is 19.5. The van der Waals surface area contributed by atoms with E-state index in [0.717, 1.165) is 17.1 Å². The highest BCUT2D eigenvalue weighted by Crippen LogP contribution is 2.39. The minimum atomic E-state index is 0.0943. The van der Waals surface area contributed by atoms with Crippen molar-refractivity contribution >= 4 is 29.0 Å². The molecular weight excluding hydrogens is 394 g/mol. The van der Waals surface area contributed by atoms with Gasteiger partial charge in [-0.1, -0.05) is 43.3 Å². The lowest BCUT2D eigenvalue weighted by atomic mass is 9.91. The molecule has 0 spiro atoms. The van der Waals surface area contributed by atoms with E-state index in [0.29, 0.717) is 0 Å². The van der Waals surface area contributed by atoms with E-state index in [2.05, 4.69) is 116 Å². The van der Waals surface area contributed by atoms with Crippen LogP contribution in [0, 0.1) is 5.92 Å². The van der Waals surface area contributed by atoms with Crippen molar-refractivity contribution in [1.29, 1.82) is 0 Å². The van der Waals surface area contributed by atoms with Crippen molar-refractivity contribution in [2.75, 3.05) is 43.0 Å². The summed E-state index contributed by atoms with van der Waals surface area (Å²) in [5, 5.41) is 7.06. The van der Waals surface area contributed by atoms with Gasteiger partial charge in [0, 0.05) is 51.7 Å². The van der Waals surface area contributed by atoms with E-state index in [1.54, 1.807) is 0 Å². The summed E-state index contributed by atoms with van der Waals surface area (Å²) in [7, 11) is 8.23. The van der Waals surface area contributed by atoms with Crippen LogP contribution in [0.2, 0.25) is 0 Å². The molecule has 1 aliphatic heterocycles. The monoisotopic (exact) mass is 425 g/mol. The van der Waals surface area contributed by atoms with Crippen LogP contribution in [0.3, 0.4) is 0 Å². The molecule has 2 unspecified atom stereocenters. The summed E-state index contributed by atoms with van der Waals surface area (Å²) in [4.78, 5) is 8.80. The molecule has 5 nitrogen and oxygen atoms in total. The van der Waals surface area contributed by atoms with Crippen LogP contribution < -0.4 is 14.8 Å². The van der Waals surface area contributed by atoms with Crippen molar-refractivity contribution in [3.8, 4) is 0 Å². The highest BCUT2D eigenvalue weighted by atomic mass is 15.5. The zero-order chi connectivity index (χ0) is 22.7. The van der Waals surface area contributed by atoms with Crippen molar-refractivity contribution in [3.05, 3.63) is 90.1 Å². The fraction of sp³-hybridized carbons (Fsp3) is 0.259. The third-order valence-corrected chi connectivity index (χ3v) is 5.92. The van der Waals surface area contributed by atoms with Gasteiger partial charge in [0.15, 0.2) is 0 Å². The number of hydrogen-bond donors (Lipinski definition) is 0. The van der Waals surface area contributed by atoms with Gasteiger partial charge in [-0.3, -0.25) is 0 Å². The molecule has 0 saturated heterocycles. The summed E-state index contributed by atoms with van der Waals surface area (Å²) < 4.78 is 0. The second kappa shape index (κ2) is 9.27. The molecule has 1 aliphatic rings. The first-order chi connectivity index (χ1) is 15.4. The van der Waals surface area contributed by atoms with Gasteiger partial charge in [0.25, 0.3) is 0 Å². The highest BCUT2D eigenvalue weighted by molar-refractivity contribution is 6.02. The predicted octanol–water partition coefficient (Wildman–Crippen LogP) is 5.48. The quantitative estimate of drug-likeness (QED) is 0.524. The Balaban J connectivity index is 1.64. The lowest BCUT2D eigenvalue weighted by molar-refractivity contribution is 0.584. The number of nitrogens with zero attached hydrogens (tertiary/aromatic N) is 5. The third-order valence-electron chi connectivity index (χ3n) is 5.92. The number of anilines is 3. The molecule has 0 radical (unpaired) electrons. The van der Waals surface area contributed by atoms with E-state index < -0.39 is 0 Å². The summed E-state index contributed by atoms with van der Waals surface area (Å²) in [6.07, 6.45) is 6.10. The molecule has 0 saturated carbocycles. The molecule has 32 heavy (non-hydrogen) atoms. The average molecular weight is 426 g/mol. The van der Waals surface area contributed by atoms with Gasteiger partial charge in [-0.25, -0.2) is 9.99 Å². The Kier molecular flexibility index (Phi) is 6.26. The molecule has 2 atom stereocenters. The summed E-state index contributed by atoms with van der Waals surface area (Å²) >= 11 is 0. The Morgan fingerprint density at radius 3 is 1.97 bits per heavy atom. The molecule has 164 valence electrons. The highest BCUT2D eigenvalue weighted by Gasteiger charge is 2.35. The lowest BCUT2D eigenvalue weighted by Gasteiger charge is -2.26. The van der Waals surface area contributed by atoms with Gasteiger partial charge in [0.1, 0.15) is 5.82 Å². The van der Waals surface area contributed by atoms with Gasteiger partial charge in [-0.2, -0.15) is 5.10 Å². The van der Waals surface area contributed by atoms with E-state index in [1.165, 1.54) is 16.9 Å². The Hall–Kier alpha value is -3.60. The van der Waals surface area contributed by atoms with Crippen LogP contribution in [0.5, 0.6) is 0 Å². The average Bonchev–Trinajstić information content (AvgIpc) is 3.14. The van der Waals surface area contributed by atoms with Crippen LogP contribution >= 0.6 is 0 Å². The summed E-state index contributed by atoms with van der Waals surface area (Å²) in [6, 6.07) is 23.3. The molecule has 0 fully saturated rings. The molecule has 4 rings (SSSR count). The summed E-state index contributed by atoms with van der Waals surface area (Å²) in [5.41, 5.74) is 5.82. The molecule has 1 aromatic heterocycles. The van der Waals surface area contributed by atoms with Gasteiger partial charge < -0.3 is 9.80 Å². The van der Waals surface area contributed by atoms with Crippen LogP contribution in [0.25, 0.3) is 6.08 Å². The molecule has 0 N–H and O–H groups in total. The van der Waals surface area contributed by atoms with Gasteiger partial charge in [-0.15, -0.1) is 0 Å². The van der Waals surface area contributed by atoms with Crippen molar-refractivity contribution < 1.29 is 0 Å². The SMILES string of the molecule is CC1C(C=Cc2ccc(N(C)C)cc2)=NN(c2ccccn2)C1c1ccc(N(C)C)cc1. The number of hydrogen-bond acceptors (Lipinski definition) is 5. The van der Waals surface area contributed by atoms with E-state index >= 15 is 0 Å².